The predicted octanol–water partition coefficient (Wildman–Crippen LogP) is 2.92. The number of carboxylic acids is 1. The third-order valence-electron chi connectivity index (χ3n) is 3.85. The summed E-state index contributed by atoms with van der Waals surface area (Å²) in [6, 6.07) is 2.64. The van der Waals surface area contributed by atoms with Gasteiger partial charge in [0, 0.05) is 10.0 Å². The van der Waals surface area contributed by atoms with Crippen molar-refractivity contribution >= 4 is 31.9 Å². The van der Waals surface area contributed by atoms with Gasteiger partial charge in [-0.3, -0.25) is 0 Å². The Kier molecular flexibility index (Phi) is 4.21. The van der Waals surface area contributed by atoms with E-state index in [4.69, 9.17) is 0 Å². The van der Waals surface area contributed by atoms with Crippen LogP contribution in [-0.4, -0.2) is 25.0 Å². The molecule has 1 aromatic carbocycles. The van der Waals surface area contributed by atoms with Crippen LogP contribution in [0.1, 0.15) is 42.6 Å². The zero-order valence-electron chi connectivity index (χ0n) is 12.1. The molecule has 0 unspecified atom stereocenters. The van der Waals surface area contributed by atoms with Crippen molar-refractivity contribution in [3.8, 4) is 0 Å². The monoisotopic (exact) mass is 375 g/mol. The summed E-state index contributed by atoms with van der Waals surface area (Å²) in [7, 11) is -3.76. The van der Waals surface area contributed by atoms with Gasteiger partial charge in [-0.15, -0.1) is 0 Å². The molecule has 1 saturated carbocycles. The predicted molar refractivity (Wildman–Crippen MR) is 83.0 cm³/mol. The third kappa shape index (κ3) is 3.46. The second-order valence-corrected chi connectivity index (χ2v) is 8.52. The van der Waals surface area contributed by atoms with Gasteiger partial charge in [-0.25, -0.2) is 17.9 Å². The lowest BCUT2D eigenvalue weighted by atomic mass is 10.0. The lowest BCUT2D eigenvalue weighted by Gasteiger charge is -2.26. The number of carboxylic acid groups (broad SMARTS) is 1. The maximum absolute atomic E-state index is 12.5. The Morgan fingerprint density at radius 2 is 1.95 bits per heavy atom. The van der Waals surface area contributed by atoms with Crippen LogP contribution in [0.25, 0.3) is 0 Å². The number of halogens is 1. The molecule has 2 N–H and O–H groups in total. The Morgan fingerprint density at radius 1 is 1.38 bits per heavy atom. The Hall–Kier alpha value is -0.920. The number of hydrogen-bond donors (Lipinski definition) is 2. The molecule has 116 valence electrons. The summed E-state index contributed by atoms with van der Waals surface area (Å²) in [6.45, 7) is 5.33. The van der Waals surface area contributed by atoms with E-state index in [9.17, 15) is 18.3 Å². The van der Waals surface area contributed by atoms with E-state index in [1.165, 1.54) is 12.1 Å². The first-order valence-corrected chi connectivity index (χ1v) is 8.89. The summed E-state index contributed by atoms with van der Waals surface area (Å²) in [5.74, 6) is -0.813. The molecule has 7 heteroatoms. The molecule has 0 aliphatic heterocycles. The summed E-state index contributed by atoms with van der Waals surface area (Å²) in [6.07, 6.45) is 2.01. The highest BCUT2D eigenvalue weighted by molar-refractivity contribution is 9.10. The molecule has 5 nitrogen and oxygen atoms in total. The number of benzene rings is 1. The van der Waals surface area contributed by atoms with Gasteiger partial charge in [0.1, 0.15) is 0 Å². The van der Waals surface area contributed by atoms with Crippen molar-refractivity contribution in [2.45, 2.75) is 44.0 Å². The van der Waals surface area contributed by atoms with E-state index in [-0.39, 0.29) is 10.5 Å². The van der Waals surface area contributed by atoms with Crippen molar-refractivity contribution in [2.24, 2.45) is 5.92 Å². The molecule has 0 heterocycles. The highest BCUT2D eigenvalue weighted by Gasteiger charge is 2.40. The number of sulfonamides is 1. The molecule has 1 aromatic rings. The number of carbonyl (C=O) groups is 1. The fourth-order valence-corrected chi connectivity index (χ4v) is 4.46. The van der Waals surface area contributed by atoms with Crippen LogP contribution in [0.2, 0.25) is 0 Å². The van der Waals surface area contributed by atoms with E-state index in [0.717, 1.165) is 12.8 Å². The molecule has 0 atom stereocenters. The first-order chi connectivity index (χ1) is 9.54. The lowest BCUT2D eigenvalue weighted by molar-refractivity contribution is 0.0695. The minimum Gasteiger partial charge on any atom is -0.478 e. The van der Waals surface area contributed by atoms with Gasteiger partial charge >= 0.3 is 5.97 Å². The van der Waals surface area contributed by atoms with Crippen LogP contribution in [0.3, 0.4) is 0 Å². The van der Waals surface area contributed by atoms with Gasteiger partial charge in [0.25, 0.3) is 0 Å². The second-order valence-electron chi connectivity index (χ2n) is 5.98. The van der Waals surface area contributed by atoms with E-state index in [2.05, 4.69) is 20.7 Å². The van der Waals surface area contributed by atoms with Crippen molar-refractivity contribution < 1.29 is 18.3 Å². The molecule has 1 aliphatic rings. The normalized spacial score (nSPS) is 16.0. The van der Waals surface area contributed by atoms with Crippen molar-refractivity contribution in [3.63, 3.8) is 0 Å². The molecule has 21 heavy (non-hydrogen) atoms. The van der Waals surface area contributed by atoms with Crippen LogP contribution in [0, 0.1) is 12.8 Å². The maximum atomic E-state index is 12.5. The summed E-state index contributed by atoms with van der Waals surface area (Å²) in [5.41, 5.74) is -0.0450. The van der Waals surface area contributed by atoms with Gasteiger partial charge in [-0.05, 0) is 57.2 Å². The Bertz CT molecular complexity index is 693. The first-order valence-electron chi connectivity index (χ1n) is 6.62. The number of aromatic carboxylic acids is 1. The molecule has 2 rings (SSSR count). The average molecular weight is 376 g/mol. The maximum Gasteiger partial charge on any atom is 0.336 e. The zero-order chi connectivity index (χ0) is 16.0. The minimum atomic E-state index is -3.76. The van der Waals surface area contributed by atoms with Gasteiger partial charge < -0.3 is 5.11 Å². The van der Waals surface area contributed by atoms with Crippen molar-refractivity contribution in [2.75, 3.05) is 0 Å². The number of rotatable bonds is 5. The van der Waals surface area contributed by atoms with Crippen molar-refractivity contribution in [1.29, 1.82) is 0 Å². The van der Waals surface area contributed by atoms with Crippen molar-refractivity contribution in [3.05, 3.63) is 27.7 Å². The van der Waals surface area contributed by atoms with Crippen LogP contribution in [-0.2, 0) is 10.0 Å². The van der Waals surface area contributed by atoms with Crippen LogP contribution in [0.15, 0.2) is 21.5 Å². The third-order valence-corrected chi connectivity index (χ3v) is 6.33. The van der Waals surface area contributed by atoms with Gasteiger partial charge in [0.2, 0.25) is 10.0 Å². The Labute approximate surface area is 132 Å². The molecule has 0 aromatic heterocycles. The Morgan fingerprint density at radius 3 is 2.43 bits per heavy atom. The molecular weight excluding hydrogens is 358 g/mol. The minimum absolute atomic E-state index is 0.0195. The van der Waals surface area contributed by atoms with E-state index < -0.39 is 21.5 Å². The van der Waals surface area contributed by atoms with Crippen LogP contribution in [0.4, 0.5) is 0 Å². The fourth-order valence-electron chi connectivity index (χ4n) is 2.32. The molecule has 0 amide bonds. The quantitative estimate of drug-likeness (QED) is 0.828. The summed E-state index contributed by atoms with van der Waals surface area (Å²) in [4.78, 5) is 11.2. The molecule has 0 radical (unpaired) electrons. The molecule has 0 spiro atoms. The van der Waals surface area contributed by atoms with Gasteiger partial charge in [-0.1, -0.05) is 15.9 Å². The number of hydrogen-bond acceptors (Lipinski definition) is 3. The summed E-state index contributed by atoms with van der Waals surface area (Å²) >= 11 is 3.22. The van der Waals surface area contributed by atoms with E-state index >= 15 is 0 Å². The SMILES string of the molecule is Cc1c(Br)cc(S(=O)(=O)NC(C)(C)C2CC2)cc1C(=O)O. The van der Waals surface area contributed by atoms with Crippen molar-refractivity contribution in [1.82, 2.24) is 4.72 Å². The van der Waals surface area contributed by atoms with Crippen LogP contribution >= 0.6 is 15.9 Å². The summed E-state index contributed by atoms with van der Waals surface area (Å²) in [5, 5.41) is 9.18. The second kappa shape index (κ2) is 5.37. The highest BCUT2D eigenvalue weighted by Crippen LogP contribution is 2.40. The van der Waals surface area contributed by atoms with E-state index in [1.807, 2.05) is 13.8 Å². The zero-order valence-corrected chi connectivity index (χ0v) is 14.5. The number of nitrogens with one attached hydrogen (secondary N) is 1. The fraction of sp³-hybridized carbons (Fsp3) is 0.500. The molecule has 1 aliphatic carbocycles. The van der Waals surface area contributed by atoms with Gasteiger partial charge in [0.05, 0.1) is 10.5 Å². The van der Waals surface area contributed by atoms with E-state index in [1.54, 1.807) is 6.92 Å². The standard InChI is InChI=1S/C14H18BrNO4S/c1-8-11(13(17)18)6-10(7-12(8)15)21(19,20)16-14(2,3)9-4-5-9/h6-7,9,16H,4-5H2,1-3H3,(H,17,18). The topological polar surface area (TPSA) is 83.5 Å². The van der Waals surface area contributed by atoms with Gasteiger partial charge in [-0.2, -0.15) is 0 Å². The van der Waals surface area contributed by atoms with Crippen LogP contribution < -0.4 is 4.72 Å². The summed E-state index contributed by atoms with van der Waals surface area (Å²) < 4.78 is 28.1. The molecule has 0 saturated heterocycles. The molecule has 0 bridgehead atoms. The largest absolute Gasteiger partial charge is 0.478 e. The van der Waals surface area contributed by atoms with E-state index in [0.29, 0.717) is 16.0 Å². The average Bonchev–Trinajstić information content (AvgIpc) is 3.14. The lowest BCUT2D eigenvalue weighted by Crippen LogP contribution is -2.45. The Balaban J connectivity index is 2.43. The van der Waals surface area contributed by atoms with Crippen LogP contribution in [0.5, 0.6) is 0 Å². The smallest absolute Gasteiger partial charge is 0.336 e. The molecular formula is C14H18BrNO4S. The molecule has 1 fully saturated rings. The first kappa shape index (κ1) is 16.5. The van der Waals surface area contributed by atoms with Gasteiger partial charge in [0.15, 0.2) is 0 Å². The highest BCUT2D eigenvalue weighted by atomic mass is 79.9.